The van der Waals surface area contributed by atoms with E-state index in [2.05, 4.69) is 18.0 Å². The van der Waals surface area contributed by atoms with Gasteiger partial charge < -0.3 is 10.0 Å². The summed E-state index contributed by atoms with van der Waals surface area (Å²) in [6.07, 6.45) is 0.971. The molecule has 2 rings (SSSR count). The average Bonchev–Trinajstić information content (AvgIpc) is 2.21. The van der Waals surface area contributed by atoms with Gasteiger partial charge in [0, 0.05) is 13.1 Å². The molecule has 0 fully saturated rings. The molecule has 0 saturated carbocycles. The van der Waals surface area contributed by atoms with Crippen molar-refractivity contribution in [3.63, 3.8) is 0 Å². The van der Waals surface area contributed by atoms with Gasteiger partial charge in [0.2, 0.25) is 0 Å². The number of phenols is 1. The lowest BCUT2D eigenvalue weighted by molar-refractivity contribution is 0.308. The van der Waals surface area contributed by atoms with Crippen LogP contribution in [0.1, 0.15) is 25.0 Å². The first kappa shape index (κ1) is 11.1. The zero-order valence-electron chi connectivity index (χ0n) is 9.25. The maximum Gasteiger partial charge on any atom is 0.119 e. The molecule has 0 atom stereocenters. The Hall–Kier alpha value is -1.02. The van der Waals surface area contributed by atoms with E-state index < -0.39 is 0 Å². The maximum absolute atomic E-state index is 9.52. The monoisotopic (exact) mass is 193 g/mol. The fraction of sp³-hybridized carbons (Fsp3) is 0.500. The Balaban J connectivity index is 0.000000461. The van der Waals surface area contributed by atoms with Gasteiger partial charge in [0.15, 0.2) is 0 Å². The van der Waals surface area contributed by atoms with Crippen molar-refractivity contribution in [1.82, 2.24) is 4.90 Å². The van der Waals surface area contributed by atoms with E-state index in [4.69, 9.17) is 0 Å². The van der Waals surface area contributed by atoms with Gasteiger partial charge in [-0.05, 0) is 30.7 Å². The summed E-state index contributed by atoms with van der Waals surface area (Å²) in [6.45, 7) is 6.01. The van der Waals surface area contributed by atoms with E-state index in [0.29, 0.717) is 5.75 Å². The summed E-state index contributed by atoms with van der Waals surface area (Å²) in [5, 5.41) is 9.52. The Morgan fingerprint density at radius 3 is 2.71 bits per heavy atom. The summed E-state index contributed by atoms with van der Waals surface area (Å²) in [5.41, 5.74) is 2.40. The highest BCUT2D eigenvalue weighted by atomic mass is 16.3. The molecule has 0 spiro atoms. The van der Waals surface area contributed by atoms with E-state index in [1.54, 1.807) is 6.07 Å². The summed E-state index contributed by atoms with van der Waals surface area (Å²) in [5.74, 6) is 0.459. The third kappa shape index (κ3) is 2.26. The standard InChI is InChI=1S/C10H13NO.C2H6/c1-11-6-5-9-8(7-11)3-2-4-10(9)12;1-2/h2-4,12H,5-7H2,1H3;1-2H3. The fourth-order valence-electron chi connectivity index (χ4n) is 1.73. The summed E-state index contributed by atoms with van der Waals surface area (Å²) in [7, 11) is 2.10. The summed E-state index contributed by atoms with van der Waals surface area (Å²) < 4.78 is 0. The molecule has 78 valence electrons. The predicted molar refractivity (Wildman–Crippen MR) is 59.5 cm³/mol. The van der Waals surface area contributed by atoms with Crippen LogP contribution in [0, 0.1) is 0 Å². The molecule has 2 heteroatoms. The third-order valence-corrected chi connectivity index (χ3v) is 2.43. The van der Waals surface area contributed by atoms with Crippen molar-refractivity contribution in [2.45, 2.75) is 26.8 Å². The van der Waals surface area contributed by atoms with Crippen molar-refractivity contribution in [3.8, 4) is 5.75 Å². The molecule has 1 N–H and O–H groups in total. The van der Waals surface area contributed by atoms with Crippen LogP contribution in [0.15, 0.2) is 18.2 Å². The Morgan fingerprint density at radius 1 is 1.29 bits per heavy atom. The summed E-state index contributed by atoms with van der Waals surface area (Å²) in [4.78, 5) is 2.27. The van der Waals surface area contributed by atoms with Crippen LogP contribution >= 0.6 is 0 Å². The Labute approximate surface area is 86.2 Å². The molecule has 0 radical (unpaired) electrons. The number of fused-ring (bicyclic) bond motifs is 1. The highest BCUT2D eigenvalue weighted by Gasteiger charge is 2.14. The molecule has 0 aromatic heterocycles. The summed E-state index contributed by atoms with van der Waals surface area (Å²) >= 11 is 0. The van der Waals surface area contributed by atoms with Gasteiger partial charge in [-0.1, -0.05) is 26.0 Å². The van der Waals surface area contributed by atoms with Crippen LogP contribution in [0.25, 0.3) is 0 Å². The number of nitrogens with zero attached hydrogens (tertiary/aromatic N) is 1. The smallest absolute Gasteiger partial charge is 0.119 e. The Bertz CT molecular complexity index is 296. The maximum atomic E-state index is 9.52. The molecule has 0 bridgehead atoms. The minimum absolute atomic E-state index is 0.459. The average molecular weight is 193 g/mol. The lowest BCUT2D eigenvalue weighted by Gasteiger charge is -2.25. The molecule has 1 heterocycles. The Morgan fingerprint density at radius 2 is 2.00 bits per heavy atom. The minimum atomic E-state index is 0.459. The largest absolute Gasteiger partial charge is 0.508 e. The van der Waals surface area contributed by atoms with Gasteiger partial charge in [-0.2, -0.15) is 0 Å². The van der Waals surface area contributed by atoms with E-state index >= 15 is 0 Å². The zero-order chi connectivity index (χ0) is 10.6. The normalized spacial score (nSPS) is 15.4. The molecule has 0 aliphatic carbocycles. The van der Waals surface area contributed by atoms with Gasteiger partial charge in [0.25, 0.3) is 0 Å². The van der Waals surface area contributed by atoms with E-state index in [1.165, 1.54) is 5.56 Å². The van der Waals surface area contributed by atoms with Crippen molar-refractivity contribution in [3.05, 3.63) is 29.3 Å². The van der Waals surface area contributed by atoms with Crippen molar-refractivity contribution in [2.24, 2.45) is 0 Å². The molecule has 1 aromatic carbocycles. The molecule has 0 saturated heterocycles. The van der Waals surface area contributed by atoms with Crippen LogP contribution in [0.4, 0.5) is 0 Å². The molecule has 2 nitrogen and oxygen atoms in total. The molecule has 1 aliphatic heterocycles. The lowest BCUT2D eigenvalue weighted by atomic mass is 9.99. The molecule has 1 aliphatic rings. The minimum Gasteiger partial charge on any atom is -0.508 e. The predicted octanol–water partition coefficient (Wildman–Crippen LogP) is 2.41. The SMILES string of the molecule is CC.CN1CCc2c(O)cccc2C1. The lowest BCUT2D eigenvalue weighted by Crippen LogP contribution is -2.26. The second-order valence-corrected chi connectivity index (χ2v) is 3.40. The van der Waals surface area contributed by atoms with Crippen LogP contribution in [-0.4, -0.2) is 23.6 Å². The second kappa shape index (κ2) is 5.01. The fourth-order valence-corrected chi connectivity index (χ4v) is 1.73. The number of rotatable bonds is 0. The van der Waals surface area contributed by atoms with Crippen molar-refractivity contribution >= 4 is 0 Å². The molecular formula is C12H19NO. The van der Waals surface area contributed by atoms with Crippen LogP contribution in [-0.2, 0) is 13.0 Å². The van der Waals surface area contributed by atoms with E-state index in [9.17, 15) is 5.11 Å². The summed E-state index contributed by atoms with van der Waals surface area (Å²) in [6, 6.07) is 5.77. The first-order valence-electron chi connectivity index (χ1n) is 5.25. The second-order valence-electron chi connectivity index (χ2n) is 3.40. The van der Waals surface area contributed by atoms with Crippen molar-refractivity contribution < 1.29 is 5.11 Å². The van der Waals surface area contributed by atoms with Crippen LogP contribution in [0.3, 0.4) is 0 Å². The van der Waals surface area contributed by atoms with Gasteiger partial charge in [-0.15, -0.1) is 0 Å². The quantitative estimate of drug-likeness (QED) is 0.684. The molecule has 14 heavy (non-hydrogen) atoms. The van der Waals surface area contributed by atoms with Gasteiger partial charge in [-0.3, -0.25) is 0 Å². The molecule has 0 unspecified atom stereocenters. The first-order chi connectivity index (χ1) is 6.77. The number of benzene rings is 1. The number of aromatic hydroxyl groups is 1. The van der Waals surface area contributed by atoms with Gasteiger partial charge in [-0.25, -0.2) is 0 Å². The number of hydrogen-bond acceptors (Lipinski definition) is 2. The first-order valence-corrected chi connectivity index (χ1v) is 5.25. The topological polar surface area (TPSA) is 23.5 Å². The van der Waals surface area contributed by atoms with Crippen LogP contribution < -0.4 is 0 Å². The van der Waals surface area contributed by atoms with E-state index in [1.807, 2.05) is 19.9 Å². The highest BCUT2D eigenvalue weighted by molar-refractivity contribution is 5.40. The zero-order valence-corrected chi connectivity index (χ0v) is 9.25. The van der Waals surface area contributed by atoms with Gasteiger partial charge in [0.05, 0.1) is 0 Å². The number of phenolic OH excluding ortho intramolecular Hbond substituents is 1. The molecule has 0 amide bonds. The van der Waals surface area contributed by atoms with Gasteiger partial charge in [0.1, 0.15) is 5.75 Å². The number of likely N-dealkylation sites (N-methyl/N-ethyl adjacent to an activating group) is 1. The van der Waals surface area contributed by atoms with Crippen molar-refractivity contribution in [1.29, 1.82) is 0 Å². The van der Waals surface area contributed by atoms with Crippen molar-refractivity contribution in [2.75, 3.05) is 13.6 Å². The van der Waals surface area contributed by atoms with Crippen LogP contribution in [0.5, 0.6) is 5.75 Å². The number of hydrogen-bond donors (Lipinski definition) is 1. The highest BCUT2D eigenvalue weighted by Crippen LogP contribution is 2.25. The molecule has 1 aromatic rings. The van der Waals surface area contributed by atoms with Crippen LogP contribution in [0.2, 0.25) is 0 Å². The van der Waals surface area contributed by atoms with E-state index in [0.717, 1.165) is 25.1 Å². The Kier molecular flexibility index (Phi) is 3.96. The molecular weight excluding hydrogens is 174 g/mol. The van der Waals surface area contributed by atoms with Gasteiger partial charge >= 0.3 is 0 Å². The van der Waals surface area contributed by atoms with E-state index in [-0.39, 0.29) is 0 Å². The third-order valence-electron chi connectivity index (χ3n) is 2.43.